The van der Waals surface area contributed by atoms with Gasteiger partial charge in [0, 0.05) is 17.3 Å². The second-order valence-electron chi connectivity index (χ2n) is 8.12. The van der Waals surface area contributed by atoms with E-state index in [4.69, 9.17) is 4.52 Å². The van der Waals surface area contributed by atoms with E-state index in [1.54, 1.807) is 13.0 Å². The molecule has 0 saturated carbocycles. The van der Waals surface area contributed by atoms with Crippen LogP contribution in [0.1, 0.15) is 27.4 Å². The highest BCUT2D eigenvalue weighted by molar-refractivity contribution is 7.12. The molecule has 1 N–H and O–H groups in total. The van der Waals surface area contributed by atoms with E-state index in [1.165, 1.54) is 11.3 Å². The smallest absolute Gasteiger partial charge is 0.293 e. The normalized spacial score (nSPS) is 19.7. The molecule has 32 heavy (non-hydrogen) atoms. The number of aryl methyl sites for hydroxylation is 1. The van der Waals surface area contributed by atoms with Gasteiger partial charge in [0.2, 0.25) is 11.7 Å². The molecule has 9 heteroatoms. The van der Waals surface area contributed by atoms with Gasteiger partial charge in [-0.1, -0.05) is 11.2 Å². The van der Waals surface area contributed by atoms with E-state index in [-0.39, 0.29) is 35.9 Å². The van der Waals surface area contributed by atoms with Gasteiger partial charge in [0.1, 0.15) is 5.76 Å². The van der Waals surface area contributed by atoms with Crippen molar-refractivity contribution in [1.82, 2.24) is 5.16 Å². The highest BCUT2D eigenvalue weighted by Crippen LogP contribution is 2.22. The van der Waals surface area contributed by atoms with Crippen molar-refractivity contribution < 1.29 is 23.8 Å². The van der Waals surface area contributed by atoms with Crippen molar-refractivity contribution in [3.05, 3.63) is 64.0 Å². The molecule has 0 spiro atoms. The third kappa shape index (κ3) is 3.74. The first kappa shape index (κ1) is 20.6. The lowest BCUT2D eigenvalue weighted by atomic mass is 10.1. The van der Waals surface area contributed by atoms with E-state index in [2.05, 4.69) is 10.1 Å². The Morgan fingerprint density at radius 1 is 1.16 bits per heavy atom. The molecule has 4 heterocycles. The molecule has 0 unspecified atom stereocenters. The number of quaternary nitrogens is 1. The van der Waals surface area contributed by atoms with Gasteiger partial charge in [0.25, 0.3) is 5.91 Å². The summed E-state index contributed by atoms with van der Waals surface area (Å²) in [6, 6.07) is 12.6. The molecule has 1 atom stereocenters. The SMILES string of the molecule is Cc1cc(N2C(=O)C[C@@H]([NH+]3CCN(c4ccc(C(=O)c5cccs5)cc4)CC3)C2=O)no1. The van der Waals surface area contributed by atoms with Gasteiger partial charge in [-0.2, -0.15) is 0 Å². The summed E-state index contributed by atoms with van der Waals surface area (Å²) in [4.78, 5) is 43.2. The molecular formula is C23H23N4O4S+. The molecule has 2 aliphatic rings. The quantitative estimate of drug-likeness (QED) is 0.465. The van der Waals surface area contributed by atoms with Crippen LogP contribution in [0.15, 0.2) is 52.4 Å². The summed E-state index contributed by atoms with van der Waals surface area (Å²) >= 11 is 1.44. The first-order chi connectivity index (χ1) is 15.5. The zero-order chi connectivity index (χ0) is 22.2. The van der Waals surface area contributed by atoms with Crippen molar-refractivity contribution in [1.29, 1.82) is 0 Å². The third-order valence-corrected chi connectivity index (χ3v) is 7.00. The van der Waals surface area contributed by atoms with Crippen LogP contribution >= 0.6 is 11.3 Å². The van der Waals surface area contributed by atoms with Crippen molar-refractivity contribution in [2.75, 3.05) is 36.0 Å². The van der Waals surface area contributed by atoms with Crippen molar-refractivity contribution >= 4 is 40.4 Å². The number of ketones is 1. The number of amides is 2. The van der Waals surface area contributed by atoms with Crippen molar-refractivity contribution in [3.63, 3.8) is 0 Å². The van der Waals surface area contributed by atoms with Gasteiger partial charge in [-0.05, 0) is 42.6 Å². The molecule has 1 aromatic carbocycles. The van der Waals surface area contributed by atoms with Gasteiger partial charge in [-0.25, -0.2) is 4.90 Å². The molecule has 2 amide bonds. The van der Waals surface area contributed by atoms with Gasteiger partial charge in [0.15, 0.2) is 11.9 Å². The number of benzene rings is 1. The number of carbonyl (C=O) groups excluding carboxylic acids is 3. The molecule has 2 fully saturated rings. The molecule has 2 saturated heterocycles. The molecular weight excluding hydrogens is 428 g/mol. The first-order valence-corrected chi connectivity index (χ1v) is 11.5. The van der Waals surface area contributed by atoms with Gasteiger partial charge >= 0.3 is 0 Å². The van der Waals surface area contributed by atoms with E-state index in [0.29, 0.717) is 11.3 Å². The maximum absolute atomic E-state index is 12.9. The highest BCUT2D eigenvalue weighted by atomic mass is 32.1. The number of anilines is 2. The predicted molar refractivity (Wildman–Crippen MR) is 119 cm³/mol. The molecule has 3 aromatic rings. The van der Waals surface area contributed by atoms with Crippen LogP contribution in [-0.2, 0) is 9.59 Å². The lowest BCUT2D eigenvalue weighted by molar-refractivity contribution is -0.915. The summed E-state index contributed by atoms with van der Waals surface area (Å²) in [6.45, 7) is 4.79. The first-order valence-electron chi connectivity index (χ1n) is 10.6. The number of nitrogens with zero attached hydrogens (tertiary/aromatic N) is 3. The number of thiophene rings is 1. The maximum atomic E-state index is 12.9. The fourth-order valence-corrected chi connectivity index (χ4v) is 5.11. The molecule has 0 radical (unpaired) electrons. The monoisotopic (exact) mass is 451 g/mol. The second kappa shape index (κ2) is 8.33. The van der Waals surface area contributed by atoms with E-state index in [0.717, 1.165) is 46.5 Å². The van der Waals surface area contributed by atoms with E-state index >= 15 is 0 Å². The topological polar surface area (TPSA) is 88.2 Å². The molecule has 8 nitrogen and oxygen atoms in total. The average molecular weight is 452 g/mol. The number of nitrogens with one attached hydrogen (secondary N) is 1. The minimum Gasteiger partial charge on any atom is -0.360 e. The number of piperazine rings is 1. The summed E-state index contributed by atoms with van der Waals surface area (Å²) in [7, 11) is 0. The number of imide groups is 1. The molecule has 0 bridgehead atoms. The van der Waals surface area contributed by atoms with E-state index in [1.807, 2.05) is 41.8 Å². The zero-order valence-electron chi connectivity index (χ0n) is 17.6. The van der Waals surface area contributed by atoms with Gasteiger partial charge in [-0.3, -0.25) is 14.4 Å². The molecule has 164 valence electrons. The molecule has 2 aliphatic heterocycles. The Morgan fingerprint density at radius 2 is 1.91 bits per heavy atom. The van der Waals surface area contributed by atoms with Gasteiger partial charge in [0.05, 0.1) is 37.5 Å². The Bertz CT molecular complexity index is 1150. The fraction of sp³-hybridized carbons (Fsp3) is 0.304. The average Bonchev–Trinajstić information content (AvgIpc) is 3.55. The van der Waals surface area contributed by atoms with Crippen LogP contribution in [0.25, 0.3) is 0 Å². The molecule has 5 rings (SSSR count). The number of hydrogen-bond acceptors (Lipinski definition) is 7. The van der Waals surface area contributed by atoms with Gasteiger partial charge < -0.3 is 14.3 Å². The van der Waals surface area contributed by atoms with Crippen LogP contribution in [-0.4, -0.2) is 55.0 Å². The van der Waals surface area contributed by atoms with Crippen molar-refractivity contribution in [2.24, 2.45) is 0 Å². The van der Waals surface area contributed by atoms with Crippen molar-refractivity contribution in [3.8, 4) is 0 Å². The number of hydrogen-bond donors (Lipinski definition) is 1. The highest BCUT2D eigenvalue weighted by Gasteiger charge is 2.47. The van der Waals surface area contributed by atoms with Crippen LogP contribution in [0, 0.1) is 6.92 Å². The Hall–Kier alpha value is -3.30. The molecule has 0 aliphatic carbocycles. The van der Waals surface area contributed by atoms with Crippen molar-refractivity contribution in [2.45, 2.75) is 19.4 Å². The Kier molecular flexibility index (Phi) is 5.36. The zero-order valence-corrected chi connectivity index (χ0v) is 18.4. The number of aromatic nitrogens is 1. The van der Waals surface area contributed by atoms with Gasteiger partial charge in [-0.15, -0.1) is 11.3 Å². The van der Waals surface area contributed by atoms with Crippen LogP contribution in [0.4, 0.5) is 11.5 Å². The molecule has 2 aromatic heterocycles. The summed E-state index contributed by atoms with van der Waals surface area (Å²) in [5, 5.41) is 5.73. The lowest BCUT2D eigenvalue weighted by Crippen LogP contribution is -3.19. The standard InChI is InChI=1S/C23H22N4O4S/c1-15-13-20(24-31-15)27-21(28)14-18(23(27)30)26-10-8-25(9-11-26)17-6-4-16(5-7-17)22(29)19-3-2-12-32-19/h2-7,12-13,18H,8-11,14H2,1H3/p+1/t18-/m1/s1. The maximum Gasteiger partial charge on any atom is 0.293 e. The largest absolute Gasteiger partial charge is 0.360 e. The van der Waals surface area contributed by atoms with Crippen LogP contribution in [0.2, 0.25) is 0 Å². The second-order valence-corrected chi connectivity index (χ2v) is 9.07. The Labute approximate surface area is 189 Å². The van der Waals surface area contributed by atoms with E-state index in [9.17, 15) is 14.4 Å². The minimum absolute atomic E-state index is 0.0390. The summed E-state index contributed by atoms with van der Waals surface area (Å²) in [5.41, 5.74) is 1.74. The number of rotatable bonds is 5. The number of carbonyl (C=O) groups is 3. The minimum atomic E-state index is -0.382. The van der Waals surface area contributed by atoms with Crippen LogP contribution < -0.4 is 14.7 Å². The summed E-state index contributed by atoms with van der Waals surface area (Å²) < 4.78 is 5.03. The van der Waals surface area contributed by atoms with Crippen LogP contribution in [0.3, 0.4) is 0 Å². The van der Waals surface area contributed by atoms with E-state index < -0.39 is 0 Å². The van der Waals surface area contributed by atoms with Crippen LogP contribution in [0.5, 0.6) is 0 Å². The Balaban J connectivity index is 1.21. The third-order valence-electron chi connectivity index (χ3n) is 6.13. The fourth-order valence-electron chi connectivity index (χ4n) is 4.42. The summed E-state index contributed by atoms with van der Waals surface area (Å²) in [6.07, 6.45) is 0.194. The Morgan fingerprint density at radius 3 is 2.53 bits per heavy atom. The predicted octanol–water partition coefficient (Wildman–Crippen LogP) is 1.31. The summed E-state index contributed by atoms with van der Waals surface area (Å²) in [5.74, 6) is 0.442. The lowest BCUT2D eigenvalue weighted by Gasteiger charge is -2.35.